The van der Waals surface area contributed by atoms with Crippen LogP contribution in [0.15, 0.2) is 0 Å². The molecule has 0 saturated heterocycles. The lowest BCUT2D eigenvalue weighted by Gasteiger charge is -2.25. The van der Waals surface area contributed by atoms with E-state index in [1.54, 1.807) is 0 Å². The van der Waals surface area contributed by atoms with E-state index in [0.29, 0.717) is 38.3 Å². The molecule has 0 bridgehead atoms. The molecule has 0 aromatic carbocycles. The SMILES string of the molecule is CCC(O)(CC)CNC(=O)CCC(C)CN. The van der Waals surface area contributed by atoms with Crippen molar-refractivity contribution in [2.75, 3.05) is 13.1 Å². The molecule has 4 heteroatoms. The second-order valence-electron chi connectivity index (χ2n) is 4.59. The van der Waals surface area contributed by atoms with Crippen molar-refractivity contribution in [2.24, 2.45) is 11.7 Å². The van der Waals surface area contributed by atoms with Crippen molar-refractivity contribution >= 4 is 5.91 Å². The lowest BCUT2D eigenvalue weighted by Crippen LogP contribution is -2.42. The van der Waals surface area contributed by atoms with Gasteiger partial charge in [0, 0.05) is 13.0 Å². The van der Waals surface area contributed by atoms with Crippen LogP contribution in [0.3, 0.4) is 0 Å². The highest BCUT2D eigenvalue weighted by Gasteiger charge is 2.22. The zero-order valence-corrected chi connectivity index (χ0v) is 10.8. The van der Waals surface area contributed by atoms with Crippen LogP contribution in [-0.2, 0) is 4.79 Å². The number of hydrogen-bond donors (Lipinski definition) is 3. The Morgan fingerprint density at radius 3 is 2.44 bits per heavy atom. The zero-order chi connectivity index (χ0) is 12.6. The Bertz CT molecular complexity index is 203. The third kappa shape index (κ3) is 6.08. The Morgan fingerprint density at radius 1 is 1.44 bits per heavy atom. The van der Waals surface area contributed by atoms with Crippen molar-refractivity contribution in [1.29, 1.82) is 0 Å². The van der Waals surface area contributed by atoms with Gasteiger partial charge in [0.1, 0.15) is 0 Å². The van der Waals surface area contributed by atoms with Crippen molar-refractivity contribution in [3.63, 3.8) is 0 Å². The summed E-state index contributed by atoms with van der Waals surface area (Å²) in [6.45, 7) is 6.83. The van der Waals surface area contributed by atoms with Gasteiger partial charge in [-0.15, -0.1) is 0 Å². The highest BCUT2D eigenvalue weighted by atomic mass is 16.3. The van der Waals surface area contributed by atoms with Gasteiger partial charge < -0.3 is 16.2 Å². The van der Waals surface area contributed by atoms with E-state index in [-0.39, 0.29) is 5.91 Å². The Balaban J connectivity index is 3.80. The lowest BCUT2D eigenvalue weighted by molar-refractivity contribution is -0.122. The molecule has 1 amide bonds. The fourth-order valence-corrected chi connectivity index (χ4v) is 1.35. The Hall–Kier alpha value is -0.610. The van der Waals surface area contributed by atoms with Crippen LogP contribution in [0.5, 0.6) is 0 Å². The highest BCUT2D eigenvalue weighted by molar-refractivity contribution is 5.75. The van der Waals surface area contributed by atoms with Crippen LogP contribution in [0.1, 0.15) is 46.5 Å². The van der Waals surface area contributed by atoms with Crippen LogP contribution in [0, 0.1) is 5.92 Å². The van der Waals surface area contributed by atoms with Crippen LogP contribution < -0.4 is 11.1 Å². The maximum atomic E-state index is 11.5. The minimum Gasteiger partial charge on any atom is -0.388 e. The van der Waals surface area contributed by atoms with Crippen molar-refractivity contribution in [3.05, 3.63) is 0 Å². The van der Waals surface area contributed by atoms with Gasteiger partial charge in [-0.3, -0.25) is 4.79 Å². The number of carbonyl (C=O) groups is 1. The Labute approximate surface area is 98.6 Å². The van der Waals surface area contributed by atoms with Gasteiger partial charge in [-0.2, -0.15) is 0 Å². The quantitative estimate of drug-likeness (QED) is 0.583. The van der Waals surface area contributed by atoms with E-state index in [1.807, 2.05) is 20.8 Å². The molecule has 0 aliphatic rings. The zero-order valence-electron chi connectivity index (χ0n) is 10.8. The first-order valence-electron chi connectivity index (χ1n) is 6.16. The van der Waals surface area contributed by atoms with Gasteiger partial charge in [0.05, 0.1) is 5.60 Å². The van der Waals surface area contributed by atoms with Gasteiger partial charge in [0.25, 0.3) is 0 Å². The number of aliphatic hydroxyl groups is 1. The average molecular weight is 230 g/mol. The Kier molecular flexibility index (Phi) is 7.34. The summed E-state index contributed by atoms with van der Waals surface area (Å²) < 4.78 is 0. The van der Waals surface area contributed by atoms with Gasteiger partial charge in [-0.25, -0.2) is 0 Å². The Morgan fingerprint density at radius 2 is 2.00 bits per heavy atom. The first kappa shape index (κ1) is 15.4. The first-order chi connectivity index (χ1) is 7.47. The van der Waals surface area contributed by atoms with Crippen LogP contribution >= 0.6 is 0 Å². The summed E-state index contributed by atoms with van der Waals surface area (Å²) in [5.41, 5.74) is 4.72. The largest absolute Gasteiger partial charge is 0.388 e. The highest BCUT2D eigenvalue weighted by Crippen LogP contribution is 2.13. The number of nitrogens with two attached hydrogens (primary N) is 1. The van der Waals surface area contributed by atoms with Gasteiger partial charge in [-0.1, -0.05) is 20.8 Å². The molecular weight excluding hydrogens is 204 g/mol. The molecule has 0 heterocycles. The van der Waals surface area contributed by atoms with Crippen molar-refractivity contribution in [1.82, 2.24) is 5.32 Å². The fraction of sp³-hybridized carbons (Fsp3) is 0.917. The second-order valence-corrected chi connectivity index (χ2v) is 4.59. The molecule has 0 spiro atoms. The molecule has 1 unspecified atom stereocenters. The van der Waals surface area contributed by atoms with E-state index in [2.05, 4.69) is 5.32 Å². The minimum atomic E-state index is -0.755. The number of rotatable bonds is 8. The summed E-state index contributed by atoms with van der Waals surface area (Å²) in [5.74, 6) is 0.377. The van der Waals surface area contributed by atoms with Crippen LogP contribution in [0.2, 0.25) is 0 Å². The maximum Gasteiger partial charge on any atom is 0.220 e. The van der Waals surface area contributed by atoms with E-state index in [9.17, 15) is 9.90 Å². The molecule has 0 saturated carbocycles. The summed E-state index contributed by atoms with van der Waals surface area (Å²) >= 11 is 0. The normalized spacial score (nSPS) is 13.6. The molecule has 16 heavy (non-hydrogen) atoms. The van der Waals surface area contributed by atoms with E-state index >= 15 is 0 Å². The molecule has 0 fully saturated rings. The van der Waals surface area contributed by atoms with Gasteiger partial charge in [-0.05, 0) is 31.7 Å². The summed E-state index contributed by atoms with van der Waals surface area (Å²) in [7, 11) is 0. The molecule has 4 nitrogen and oxygen atoms in total. The third-order valence-corrected chi connectivity index (χ3v) is 3.20. The summed E-state index contributed by atoms with van der Waals surface area (Å²) in [4.78, 5) is 11.5. The fourth-order valence-electron chi connectivity index (χ4n) is 1.35. The monoisotopic (exact) mass is 230 g/mol. The predicted molar refractivity (Wildman–Crippen MR) is 66.0 cm³/mol. The molecule has 0 aliphatic heterocycles. The predicted octanol–water partition coefficient (Wildman–Crippen LogP) is 1.03. The van der Waals surface area contributed by atoms with Gasteiger partial charge in [0.15, 0.2) is 0 Å². The summed E-state index contributed by atoms with van der Waals surface area (Å²) in [6.07, 6.45) is 2.60. The van der Waals surface area contributed by atoms with Crippen LogP contribution in [-0.4, -0.2) is 29.7 Å². The molecule has 0 aliphatic carbocycles. The van der Waals surface area contributed by atoms with E-state index in [4.69, 9.17) is 5.73 Å². The molecule has 0 aromatic heterocycles. The first-order valence-corrected chi connectivity index (χ1v) is 6.16. The third-order valence-electron chi connectivity index (χ3n) is 3.20. The van der Waals surface area contributed by atoms with Gasteiger partial charge >= 0.3 is 0 Å². The minimum absolute atomic E-state index is 0.000579. The van der Waals surface area contributed by atoms with Crippen LogP contribution in [0.25, 0.3) is 0 Å². The van der Waals surface area contributed by atoms with E-state index in [1.165, 1.54) is 0 Å². The van der Waals surface area contributed by atoms with Gasteiger partial charge in [0.2, 0.25) is 5.91 Å². The number of nitrogens with one attached hydrogen (secondary N) is 1. The lowest BCUT2D eigenvalue weighted by atomic mass is 9.97. The molecule has 0 radical (unpaired) electrons. The standard InChI is InChI=1S/C12H26N2O2/c1-4-12(16,5-2)9-14-11(15)7-6-10(3)8-13/h10,16H,4-9,13H2,1-3H3,(H,14,15). The molecule has 96 valence electrons. The van der Waals surface area contributed by atoms with Crippen molar-refractivity contribution in [2.45, 2.75) is 52.1 Å². The maximum absolute atomic E-state index is 11.5. The van der Waals surface area contributed by atoms with Crippen LogP contribution in [0.4, 0.5) is 0 Å². The number of carbonyl (C=O) groups excluding carboxylic acids is 1. The number of amides is 1. The summed E-state index contributed by atoms with van der Waals surface area (Å²) in [5, 5.41) is 12.7. The average Bonchev–Trinajstić information content (AvgIpc) is 2.32. The van der Waals surface area contributed by atoms with Crippen molar-refractivity contribution in [3.8, 4) is 0 Å². The second kappa shape index (κ2) is 7.63. The smallest absolute Gasteiger partial charge is 0.220 e. The topological polar surface area (TPSA) is 75.3 Å². The number of hydrogen-bond acceptors (Lipinski definition) is 3. The molecule has 0 aromatic rings. The molecule has 4 N–H and O–H groups in total. The molecular formula is C12H26N2O2. The van der Waals surface area contributed by atoms with E-state index < -0.39 is 5.60 Å². The van der Waals surface area contributed by atoms with E-state index in [0.717, 1.165) is 6.42 Å². The molecule has 0 rings (SSSR count). The summed E-state index contributed by atoms with van der Waals surface area (Å²) in [6, 6.07) is 0. The molecule has 1 atom stereocenters. The van der Waals surface area contributed by atoms with Crippen molar-refractivity contribution < 1.29 is 9.90 Å².